The number of aromatic nitrogens is 4. The fourth-order valence-corrected chi connectivity index (χ4v) is 4.25. The summed E-state index contributed by atoms with van der Waals surface area (Å²) in [5.41, 5.74) is 4.00. The third kappa shape index (κ3) is 2.35. The van der Waals surface area contributed by atoms with Crippen molar-refractivity contribution in [3.8, 4) is 5.95 Å². The van der Waals surface area contributed by atoms with Crippen LogP contribution in [-0.2, 0) is 0 Å². The van der Waals surface area contributed by atoms with E-state index in [2.05, 4.69) is 54.0 Å². The summed E-state index contributed by atoms with van der Waals surface area (Å²) in [6.45, 7) is 2.75. The van der Waals surface area contributed by atoms with Crippen molar-refractivity contribution < 1.29 is 4.84 Å². The van der Waals surface area contributed by atoms with Crippen molar-refractivity contribution in [2.75, 3.05) is 6.61 Å². The zero-order valence-corrected chi connectivity index (χ0v) is 16.6. The SMILES string of the molecule is CCCOn1c2ccccc2c2c3ccccc3n(-c3ncc4ccccc4n3)c21. The molecule has 0 unspecified atom stereocenters. The Morgan fingerprint density at radius 2 is 1.53 bits per heavy atom. The predicted molar refractivity (Wildman–Crippen MR) is 121 cm³/mol. The minimum atomic E-state index is 0.633. The summed E-state index contributed by atoms with van der Waals surface area (Å²) >= 11 is 0. The number of hydrogen-bond donors (Lipinski definition) is 0. The van der Waals surface area contributed by atoms with Gasteiger partial charge in [-0.25, -0.2) is 9.97 Å². The molecule has 0 saturated carbocycles. The predicted octanol–water partition coefficient (Wildman–Crippen LogP) is 5.52. The number of para-hydroxylation sites is 3. The molecule has 0 atom stereocenters. The first kappa shape index (κ1) is 17.0. The molecule has 30 heavy (non-hydrogen) atoms. The Morgan fingerprint density at radius 3 is 2.37 bits per heavy atom. The van der Waals surface area contributed by atoms with Gasteiger partial charge in [0.1, 0.15) is 6.61 Å². The molecule has 5 nitrogen and oxygen atoms in total. The molecule has 0 radical (unpaired) electrons. The van der Waals surface area contributed by atoms with Crippen LogP contribution in [0.3, 0.4) is 0 Å². The first-order chi connectivity index (χ1) is 14.9. The van der Waals surface area contributed by atoms with Crippen molar-refractivity contribution >= 4 is 43.7 Å². The molecule has 146 valence electrons. The van der Waals surface area contributed by atoms with Gasteiger partial charge in [-0.1, -0.05) is 61.5 Å². The zero-order chi connectivity index (χ0) is 20.1. The second kappa shape index (κ2) is 6.59. The Morgan fingerprint density at radius 1 is 0.833 bits per heavy atom. The summed E-state index contributed by atoms with van der Waals surface area (Å²) in [6.07, 6.45) is 2.82. The number of hydrogen-bond acceptors (Lipinski definition) is 3. The molecule has 3 aromatic carbocycles. The van der Waals surface area contributed by atoms with Gasteiger partial charge in [-0.2, -0.15) is 4.73 Å². The molecular weight excluding hydrogens is 372 g/mol. The molecule has 6 aromatic rings. The van der Waals surface area contributed by atoms with Gasteiger partial charge in [0.05, 0.1) is 16.6 Å². The molecule has 6 rings (SSSR count). The van der Waals surface area contributed by atoms with Gasteiger partial charge in [-0.05, 0) is 24.6 Å². The van der Waals surface area contributed by atoms with Crippen LogP contribution in [0.25, 0.3) is 49.7 Å². The van der Waals surface area contributed by atoms with Crippen molar-refractivity contribution in [3.63, 3.8) is 0 Å². The van der Waals surface area contributed by atoms with Gasteiger partial charge in [0.2, 0.25) is 5.95 Å². The molecular formula is C25H20N4O. The lowest BCUT2D eigenvalue weighted by molar-refractivity contribution is 0.128. The van der Waals surface area contributed by atoms with E-state index in [4.69, 9.17) is 14.8 Å². The fraction of sp³-hybridized carbons (Fsp3) is 0.120. The highest BCUT2D eigenvalue weighted by Crippen LogP contribution is 2.38. The molecule has 0 aliphatic rings. The van der Waals surface area contributed by atoms with Gasteiger partial charge >= 0.3 is 0 Å². The van der Waals surface area contributed by atoms with Crippen molar-refractivity contribution in [3.05, 3.63) is 79.0 Å². The van der Waals surface area contributed by atoms with E-state index in [0.717, 1.165) is 39.4 Å². The highest BCUT2D eigenvalue weighted by Gasteiger charge is 2.22. The summed E-state index contributed by atoms with van der Waals surface area (Å²) in [4.78, 5) is 15.9. The minimum absolute atomic E-state index is 0.633. The highest BCUT2D eigenvalue weighted by atomic mass is 16.7. The van der Waals surface area contributed by atoms with Crippen molar-refractivity contribution in [2.24, 2.45) is 0 Å². The van der Waals surface area contributed by atoms with Crippen molar-refractivity contribution in [1.82, 2.24) is 19.3 Å². The van der Waals surface area contributed by atoms with Crippen LogP contribution in [0.1, 0.15) is 13.3 Å². The topological polar surface area (TPSA) is 44.9 Å². The van der Waals surface area contributed by atoms with Gasteiger partial charge in [-0.3, -0.25) is 4.57 Å². The summed E-state index contributed by atoms with van der Waals surface area (Å²) in [7, 11) is 0. The lowest BCUT2D eigenvalue weighted by Crippen LogP contribution is -2.14. The number of rotatable bonds is 4. The molecule has 0 saturated heterocycles. The first-order valence-corrected chi connectivity index (χ1v) is 10.2. The normalized spacial score (nSPS) is 11.8. The molecule has 3 heterocycles. The molecule has 0 amide bonds. The van der Waals surface area contributed by atoms with Crippen LogP contribution in [0.4, 0.5) is 0 Å². The lowest BCUT2D eigenvalue weighted by atomic mass is 10.1. The monoisotopic (exact) mass is 392 g/mol. The quantitative estimate of drug-likeness (QED) is 0.397. The van der Waals surface area contributed by atoms with Gasteiger partial charge in [0.25, 0.3) is 0 Å². The second-order valence-corrected chi connectivity index (χ2v) is 7.42. The van der Waals surface area contributed by atoms with Gasteiger partial charge in [0.15, 0.2) is 5.65 Å². The summed E-state index contributed by atoms with van der Waals surface area (Å²) in [6, 6.07) is 24.8. The van der Waals surface area contributed by atoms with E-state index in [0.29, 0.717) is 12.6 Å². The molecule has 3 aromatic heterocycles. The van der Waals surface area contributed by atoms with Crippen LogP contribution >= 0.6 is 0 Å². The Hall–Kier alpha value is -3.86. The molecule has 0 spiro atoms. The Balaban J connectivity index is 1.79. The van der Waals surface area contributed by atoms with E-state index in [1.54, 1.807) is 0 Å². The largest absolute Gasteiger partial charge is 0.412 e. The van der Waals surface area contributed by atoms with Crippen molar-refractivity contribution in [2.45, 2.75) is 13.3 Å². The maximum Gasteiger partial charge on any atom is 0.236 e. The second-order valence-electron chi connectivity index (χ2n) is 7.42. The van der Waals surface area contributed by atoms with E-state index in [-0.39, 0.29) is 0 Å². The Labute approximate surface area is 173 Å². The highest BCUT2D eigenvalue weighted by molar-refractivity contribution is 6.21. The number of fused-ring (bicyclic) bond motifs is 6. The van der Waals surface area contributed by atoms with Gasteiger partial charge in [0, 0.05) is 27.7 Å². The van der Waals surface area contributed by atoms with E-state index in [1.165, 1.54) is 10.8 Å². The van der Waals surface area contributed by atoms with E-state index < -0.39 is 0 Å². The minimum Gasteiger partial charge on any atom is -0.412 e. The molecule has 0 aliphatic heterocycles. The van der Waals surface area contributed by atoms with Crippen LogP contribution in [0.15, 0.2) is 79.0 Å². The average molecular weight is 392 g/mol. The standard InChI is InChI=1S/C25H20N4O/c1-2-15-30-29-22-14-8-5-11-19(22)23-18-10-4-7-13-21(18)28(24(23)29)25-26-16-17-9-3-6-12-20(17)27-25/h3-14,16H,2,15H2,1H3. The summed E-state index contributed by atoms with van der Waals surface area (Å²) < 4.78 is 4.07. The molecule has 0 fully saturated rings. The molecule has 5 heteroatoms. The third-order valence-corrected chi connectivity index (χ3v) is 5.54. The summed E-state index contributed by atoms with van der Waals surface area (Å²) in [5.74, 6) is 0.643. The maximum absolute atomic E-state index is 6.24. The smallest absolute Gasteiger partial charge is 0.236 e. The Bertz CT molecular complexity index is 1540. The van der Waals surface area contributed by atoms with Crippen LogP contribution in [0.2, 0.25) is 0 Å². The third-order valence-electron chi connectivity index (χ3n) is 5.54. The van der Waals surface area contributed by atoms with Crippen LogP contribution in [0, 0.1) is 0 Å². The van der Waals surface area contributed by atoms with Crippen LogP contribution in [0.5, 0.6) is 0 Å². The lowest BCUT2D eigenvalue weighted by Gasteiger charge is -2.12. The summed E-state index contributed by atoms with van der Waals surface area (Å²) in [5, 5.41) is 4.52. The van der Waals surface area contributed by atoms with Crippen LogP contribution < -0.4 is 4.84 Å². The molecule has 0 bridgehead atoms. The zero-order valence-electron chi connectivity index (χ0n) is 16.6. The van der Waals surface area contributed by atoms with Crippen molar-refractivity contribution in [1.29, 1.82) is 0 Å². The molecule has 0 N–H and O–H groups in total. The van der Waals surface area contributed by atoms with Gasteiger partial charge < -0.3 is 4.84 Å². The number of nitrogens with zero attached hydrogens (tertiary/aromatic N) is 4. The molecule has 0 aliphatic carbocycles. The van der Waals surface area contributed by atoms with Crippen LogP contribution in [-0.4, -0.2) is 25.9 Å². The Kier molecular flexibility index (Phi) is 3.74. The fourth-order valence-electron chi connectivity index (χ4n) is 4.25. The van der Waals surface area contributed by atoms with E-state index in [9.17, 15) is 0 Å². The average Bonchev–Trinajstić information content (AvgIpc) is 3.30. The number of benzene rings is 3. The maximum atomic E-state index is 6.24. The first-order valence-electron chi connectivity index (χ1n) is 10.2. The van der Waals surface area contributed by atoms with E-state index in [1.807, 2.05) is 41.3 Å². The van der Waals surface area contributed by atoms with E-state index >= 15 is 0 Å². The van der Waals surface area contributed by atoms with Gasteiger partial charge in [-0.15, -0.1) is 0 Å².